The molecule has 114 valence electrons. The van der Waals surface area contributed by atoms with Gasteiger partial charge in [0.05, 0.1) is 21.6 Å². The summed E-state index contributed by atoms with van der Waals surface area (Å²) in [6, 6.07) is 6.74. The van der Waals surface area contributed by atoms with Crippen LogP contribution in [0.4, 0.5) is 0 Å². The highest BCUT2D eigenvalue weighted by atomic mass is 35.5. The van der Waals surface area contributed by atoms with Crippen LogP contribution in [0.1, 0.15) is 5.82 Å². The van der Waals surface area contributed by atoms with Gasteiger partial charge in [-0.3, -0.25) is 9.36 Å². The Bertz CT molecular complexity index is 1130. The standard InChI is InChI=1S/C15H9Cl2N5O/c1-8-19-15-18-7-10-12(22(15)20-8)4-5-21(14(10)23)13-6-9(16)2-3-11(13)17/h2-7H,1H3. The maximum atomic E-state index is 12.8. The molecule has 0 saturated heterocycles. The monoisotopic (exact) mass is 345 g/mol. The molecule has 1 aromatic carbocycles. The molecule has 4 rings (SSSR count). The smallest absolute Gasteiger partial charge is 0.266 e. The van der Waals surface area contributed by atoms with Gasteiger partial charge in [0.2, 0.25) is 0 Å². The summed E-state index contributed by atoms with van der Waals surface area (Å²) in [5, 5.41) is 5.61. The largest absolute Gasteiger partial charge is 0.282 e. The highest BCUT2D eigenvalue weighted by Gasteiger charge is 2.12. The third-order valence-corrected chi connectivity index (χ3v) is 4.06. The van der Waals surface area contributed by atoms with Gasteiger partial charge in [-0.1, -0.05) is 23.2 Å². The summed E-state index contributed by atoms with van der Waals surface area (Å²) in [5.41, 5.74) is 0.894. The minimum absolute atomic E-state index is 0.255. The summed E-state index contributed by atoms with van der Waals surface area (Å²) < 4.78 is 2.99. The van der Waals surface area contributed by atoms with E-state index in [0.29, 0.717) is 38.2 Å². The molecule has 6 nitrogen and oxygen atoms in total. The van der Waals surface area contributed by atoms with Crippen LogP contribution in [0.25, 0.3) is 22.4 Å². The molecule has 0 aliphatic heterocycles. The molecule has 0 unspecified atom stereocenters. The molecule has 0 aliphatic rings. The van der Waals surface area contributed by atoms with Crippen LogP contribution in [-0.4, -0.2) is 24.1 Å². The van der Waals surface area contributed by atoms with E-state index < -0.39 is 0 Å². The average molecular weight is 346 g/mol. The lowest BCUT2D eigenvalue weighted by Gasteiger charge is -2.09. The third-order valence-electron chi connectivity index (χ3n) is 3.51. The highest BCUT2D eigenvalue weighted by Crippen LogP contribution is 2.24. The molecule has 3 aromatic heterocycles. The van der Waals surface area contributed by atoms with Crippen LogP contribution in [-0.2, 0) is 0 Å². The molecule has 0 N–H and O–H groups in total. The lowest BCUT2D eigenvalue weighted by molar-refractivity contribution is 0.939. The van der Waals surface area contributed by atoms with E-state index in [2.05, 4.69) is 15.1 Å². The molecule has 3 heterocycles. The van der Waals surface area contributed by atoms with Gasteiger partial charge in [-0.15, -0.1) is 5.10 Å². The van der Waals surface area contributed by atoms with Gasteiger partial charge in [0.15, 0.2) is 0 Å². The van der Waals surface area contributed by atoms with E-state index in [0.717, 1.165) is 0 Å². The number of aryl methyl sites for hydroxylation is 1. The number of nitrogens with zero attached hydrogens (tertiary/aromatic N) is 5. The van der Waals surface area contributed by atoms with Crippen molar-refractivity contribution in [3.63, 3.8) is 0 Å². The summed E-state index contributed by atoms with van der Waals surface area (Å²) in [6.45, 7) is 1.77. The number of rotatable bonds is 1. The quantitative estimate of drug-likeness (QED) is 0.531. The predicted molar refractivity (Wildman–Crippen MR) is 88.6 cm³/mol. The van der Waals surface area contributed by atoms with Gasteiger partial charge >= 0.3 is 0 Å². The predicted octanol–water partition coefficient (Wildman–Crippen LogP) is 3.04. The molecule has 8 heteroatoms. The summed E-state index contributed by atoms with van der Waals surface area (Å²) in [4.78, 5) is 21.2. The van der Waals surface area contributed by atoms with Gasteiger partial charge in [0.25, 0.3) is 11.3 Å². The molecule has 0 amide bonds. The molecular formula is C15H9Cl2N5O. The summed E-state index contributed by atoms with van der Waals surface area (Å²) in [7, 11) is 0. The fourth-order valence-electron chi connectivity index (χ4n) is 2.48. The van der Waals surface area contributed by atoms with Gasteiger partial charge < -0.3 is 0 Å². The second kappa shape index (κ2) is 5.04. The third kappa shape index (κ3) is 2.18. The van der Waals surface area contributed by atoms with Crippen LogP contribution in [0, 0.1) is 6.92 Å². The van der Waals surface area contributed by atoms with E-state index in [4.69, 9.17) is 23.2 Å². The van der Waals surface area contributed by atoms with Crippen LogP contribution in [0.3, 0.4) is 0 Å². The minimum atomic E-state index is -0.255. The zero-order valence-electron chi connectivity index (χ0n) is 11.9. The van der Waals surface area contributed by atoms with Gasteiger partial charge in [-0.25, -0.2) is 4.98 Å². The van der Waals surface area contributed by atoms with Crippen molar-refractivity contribution in [2.45, 2.75) is 6.92 Å². The topological polar surface area (TPSA) is 65.1 Å². The number of hydrogen-bond donors (Lipinski definition) is 0. The van der Waals surface area contributed by atoms with Crippen molar-refractivity contribution in [2.75, 3.05) is 0 Å². The van der Waals surface area contributed by atoms with Crippen molar-refractivity contribution in [1.82, 2.24) is 24.1 Å². The van der Waals surface area contributed by atoms with Crippen LogP contribution < -0.4 is 5.56 Å². The molecule has 4 aromatic rings. The van der Waals surface area contributed by atoms with E-state index >= 15 is 0 Å². The van der Waals surface area contributed by atoms with Crippen LogP contribution in [0.2, 0.25) is 10.0 Å². The lowest BCUT2D eigenvalue weighted by Crippen LogP contribution is -2.19. The molecule has 0 atom stereocenters. The highest BCUT2D eigenvalue weighted by molar-refractivity contribution is 6.34. The van der Waals surface area contributed by atoms with E-state index in [1.807, 2.05) is 0 Å². The molecule has 0 aliphatic carbocycles. The van der Waals surface area contributed by atoms with Gasteiger partial charge in [-0.2, -0.15) is 9.50 Å². The van der Waals surface area contributed by atoms with E-state index in [1.54, 1.807) is 41.9 Å². The van der Waals surface area contributed by atoms with E-state index in [1.165, 1.54) is 10.8 Å². The van der Waals surface area contributed by atoms with Crippen molar-refractivity contribution in [1.29, 1.82) is 0 Å². The fourth-order valence-corrected chi connectivity index (χ4v) is 2.85. The average Bonchev–Trinajstić information content (AvgIpc) is 2.91. The fraction of sp³-hybridized carbons (Fsp3) is 0.0667. The van der Waals surface area contributed by atoms with Crippen molar-refractivity contribution in [3.05, 3.63) is 62.9 Å². The van der Waals surface area contributed by atoms with Gasteiger partial charge in [0.1, 0.15) is 5.82 Å². The van der Waals surface area contributed by atoms with Crippen LogP contribution >= 0.6 is 23.2 Å². The van der Waals surface area contributed by atoms with Crippen molar-refractivity contribution in [3.8, 4) is 5.69 Å². The number of benzene rings is 1. The summed E-state index contributed by atoms with van der Waals surface area (Å²) in [5.74, 6) is 1.04. The second-order valence-electron chi connectivity index (χ2n) is 5.01. The SMILES string of the molecule is Cc1nc2ncc3c(=O)n(-c4cc(Cl)ccc4Cl)ccc3n2n1. The number of aromatic nitrogens is 5. The molecular weight excluding hydrogens is 337 g/mol. The van der Waals surface area contributed by atoms with E-state index in [-0.39, 0.29) is 5.56 Å². The van der Waals surface area contributed by atoms with E-state index in [9.17, 15) is 4.79 Å². The molecule has 0 saturated carbocycles. The van der Waals surface area contributed by atoms with Crippen molar-refractivity contribution in [2.24, 2.45) is 0 Å². The zero-order chi connectivity index (χ0) is 16.1. The Hall–Kier alpha value is -2.44. The van der Waals surface area contributed by atoms with Crippen LogP contribution in [0.5, 0.6) is 0 Å². The number of pyridine rings is 1. The molecule has 0 radical (unpaired) electrons. The zero-order valence-corrected chi connectivity index (χ0v) is 13.4. The maximum absolute atomic E-state index is 12.8. The Balaban J connectivity index is 2.07. The Morgan fingerprint density at radius 3 is 2.83 bits per heavy atom. The first-order valence-electron chi connectivity index (χ1n) is 6.74. The first-order valence-corrected chi connectivity index (χ1v) is 7.49. The normalized spacial score (nSPS) is 11.4. The molecule has 23 heavy (non-hydrogen) atoms. The Morgan fingerprint density at radius 2 is 2.00 bits per heavy atom. The Kier molecular flexibility index (Phi) is 3.11. The maximum Gasteiger partial charge on any atom is 0.266 e. The number of fused-ring (bicyclic) bond motifs is 3. The molecule has 0 spiro atoms. The van der Waals surface area contributed by atoms with Crippen molar-refractivity contribution < 1.29 is 0 Å². The second-order valence-corrected chi connectivity index (χ2v) is 5.86. The summed E-state index contributed by atoms with van der Waals surface area (Å²) in [6.07, 6.45) is 3.13. The lowest BCUT2D eigenvalue weighted by atomic mass is 10.2. The number of halogens is 2. The molecule has 0 fully saturated rings. The summed E-state index contributed by atoms with van der Waals surface area (Å²) >= 11 is 12.2. The number of hydrogen-bond acceptors (Lipinski definition) is 4. The Morgan fingerprint density at radius 1 is 1.17 bits per heavy atom. The van der Waals surface area contributed by atoms with Crippen LogP contribution in [0.15, 0.2) is 41.5 Å². The van der Waals surface area contributed by atoms with Gasteiger partial charge in [0, 0.05) is 17.4 Å². The first-order chi connectivity index (χ1) is 11.0. The Labute approximate surface area is 139 Å². The van der Waals surface area contributed by atoms with Crippen molar-refractivity contribution >= 4 is 39.9 Å². The molecule has 0 bridgehead atoms. The minimum Gasteiger partial charge on any atom is -0.282 e. The van der Waals surface area contributed by atoms with Gasteiger partial charge in [-0.05, 0) is 31.2 Å². The first kappa shape index (κ1) is 14.2.